The van der Waals surface area contributed by atoms with E-state index in [2.05, 4.69) is 50.2 Å². The highest BCUT2D eigenvalue weighted by Crippen LogP contribution is 2.36. The highest BCUT2D eigenvalue weighted by atomic mass is 32.2. The zero-order valence-electron chi connectivity index (χ0n) is 12.8. The van der Waals surface area contributed by atoms with E-state index < -0.39 is 12.0 Å². The number of nitrogens with two attached hydrogens (primary N) is 1. The summed E-state index contributed by atoms with van der Waals surface area (Å²) in [6.45, 7) is 4.17. The van der Waals surface area contributed by atoms with Crippen LogP contribution in [0.4, 0.5) is 0 Å². The fourth-order valence-corrected chi connectivity index (χ4v) is 3.19. The van der Waals surface area contributed by atoms with Crippen molar-refractivity contribution in [3.63, 3.8) is 0 Å². The Labute approximate surface area is 135 Å². The van der Waals surface area contributed by atoms with E-state index in [0.717, 1.165) is 5.56 Å². The van der Waals surface area contributed by atoms with Crippen LogP contribution >= 0.6 is 11.8 Å². The van der Waals surface area contributed by atoms with Gasteiger partial charge in [0, 0.05) is 10.5 Å². The summed E-state index contributed by atoms with van der Waals surface area (Å²) in [7, 11) is 0. The molecule has 0 aliphatic carbocycles. The van der Waals surface area contributed by atoms with E-state index in [4.69, 9.17) is 10.8 Å². The molecule has 3 N–H and O–H groups in total. The molecular weight excluding hydrogens is 294 g/mol. The maximum atomic E-state index is 10.8. The average Bonchev–Trinajstić information content (AvgIpc) is 2.53. The van der Waals surface area contributed by atoms with Gasteiger partial charge in [-0.2, -0.15) is 0 Å². The third-order valence-corrected chi connectivity index (χ3v) is 5.11. The molecule has 0 heterocycles. The zero-order valence-corrected chi connectivity index (χ0v) is 13.6. The second-order valence-corrected chi connectivity index (χ2v) is 7.35. The Morgan fingerprint density at radius 1 is 1.09 bits per heavy atom. The first kappa shape index (κ1) is 16.6. The van der Waals surface area contributed by atoms with E-state index in [-0.39, 0.29) is 4.75 Å². The first-order chi connectivity index (χ1) is 10.4. The smallest absolute Gasteiger partial charge is 0.321 e. The molecule has 2 aromatic rings. The van der Waals surface area contributed by atoms with Crippen LogP contribution in [0.2, 0.25) is 0 Å². The fraction of sp³-hybridized carbons (Fsp3) is 0.278. The quantitative estimate of drug-likeness (QED) is 0.852. The van der Waals surface area contributed by atoms with Crippen LogP contribution in [0.15, 0.2) is 54.6 Å². The van der Waals surface area contributed by atoms with Crippen molar-refractivity contribution in [3.8, 4) is 11.1 Å². The summed E-state index contributed by atoms with van der Waals surface area (Å²) in [5, 5.41) is 8.87. The topological polar surface area (TPSA) is 63.3 Å². The SMILES string of the molecule is CC(C)(SCC(N)C(=O)O)c1ccc(-c2ccccc2)cc1. The Balaban J connectivity index is 2.10. The molecule has 0 radical (unpaired) electrons. The van der Waals surface area contributed by atoms with E-state index in [1.807, 2.05) is 18.2 Å². The van der Waals surface area contributed by atoms with Gasteiger partial charge >= 0.3 is 5.97 Å². The van der Waals surface area contributed by atoms with Gasteiger partial charge in [0.1, 0.15) is 6.04 Å². The monoisotopic (exact) mass is 315 g/mol. The second kappa shape index (κ2) is 6.99. The predicted molar refractivity (Wildman–Crippen MR) is 93.0 cm³/mol. The molecule has 22 heavy (non-hydrogen) atoms. The predicted octanol–water partition coefficient (Wildman–Crippen LogP) is 3.73. The van der Waals surface area contributed by atoms with Crippen molar-refractivity contribution >= 4 is 17.7 Å². The van der Waals surface area contributed by atoms with Gasteiger partial charge in [0.25, 0.3) is 0 Å². The van der Waals surface area contributed by atoms with Crippen molar-refractivity contribution in [2.75, 3.05) is 5.75 Å². The molecule has 0 aromatic heterocycles. The summed E-state index contributed by atoms with van der Waals surface area (Å²) in [6, 6.07) is 17.8. The van der Waals surface area contributed by atoms with E-state index in [0.29, 0.717) is 5.75 Å². The number of carboxylic acid groups (broad SMARTS) is 1. The molecular formula is C18H21NO2S. The number of rotatable bonds is 6. The van der Waals surface area contributed by atoms with E-state index >= 15 is 0 Å². The Kier molecular flexibility index (Phi) is 5.27. The van der Waals surface area contributed by atoms with Gasteiger partial charge in [0.05, 0.1) is 0 Å². The normalized spacial score (nSPS) is 12.9. The summed E-state index contributed by atoms with van der Waals surface area (Å²) in [5.74, 6) is -0.564. The second-order valence-electron chi connectivity index (χ2n) is 5.71. The molecule has 0 saturated carbocycles. The molecule has 4 heteroatoms. The molecule has 0 aliphatic heterocycles. The minimum atomic E-state index is -0.956. The van der Waals surface area contributed by atoms with Crippen LogP contribution < -0.4 is 5.73 Å². The summed E-state index contributed by atoms with van der Waals surface area (Å²) in [5.41, 5.74) is 9.10. The lowest BCUT2D eigenvalue weighted by Crippen LogP contribution is -2.34. The van der Waals surface area contributed by atoms with Gasteiger partial charge < -0.3 is 10.8 Å². The lowest BCUT2D eigenvalue weighted by Gasteiger charge is -2.26. The fourth-order valence-electron chi connectivity index (χ4n) is 2.15. The Morgan fingerprint density at radius 3 is 2.18 bits per heavy atom. The van der Waals surface area contributed by atoms with Crippen LogP contribution in [0.25, 0.3) is 11.1 Å². The summed E-state index contributed by atoms with van der Waals surface area (Å²) in [4.78, 5) is 10.8. The largest absolute Gasteiger partial charge is 0.480 e. The van der Waals surface area contributed by atoms with E-state index in [9.17, 15) is 4.79 Å². The van der Waals surface area contributed by atoms with Crippen LogP contribution in [-0.4, -0.2) is 22.9 Å². The molecule has 1 unspecified atom stereocenters. The molecule has 116 valence electrons. The Morgan fingerprint density at radius 2 is 1.64 bits per heavy atom. The van der Waals surface area contributed by atoms with Crippen LogP contribution in [0, 0.1) is 0 Å². The maximum absolute atomic E-state index is 10.8. The molecule has 2 rings (SSSR count). The number of hydrogen-bond donors (Lipinski definition) is 2. The third-order valence-electron chi connectivity index (χ3n) is 3.63. The van der Waals surface area contributed by atoms with E-state index in [1.165, 1.54) is 11.1 Å². The molecule has 1 atom stereocenters. The highest BCUT2D eigenvalue weighted by molar-refractivity contribution is 8.00. The molecule has 0 aliphatic rings. The molecule has 0 saturated heterocycles. The van der Waals surface area contributed by atoms with Gasteiger partial charge in [-0.05, 0) is 30.5 Å². The van der Waals surface area contributed by atoms with Gasteiger partial charge in [-0.3, -0.25) is 4.79 Å². The van der Waals surface area contributed by atoms with Crippen molar-refractivity contribution in [2.45, 2.75) is 24.6 Å². The minimum Gasteiger partial charge on any atom is -0.480 e. The lowest BCUT2D eigenvalue weighted by molar-refractivity contribution is -0.137. The number of aliphatic carboxylic acids is 1. The van der Waals surface area contributed by atoms with Crippen molar-refractivity contribution in [3.05, 3.63) is 60.2 Å². The molecule has 3 nitrogen and oxygen atoms in total. The third kappa shape index (κ3) is 4.12. The summed E-state index contributed by atoms with van der Waals surface area (Å²) < 4.78 is -0.178. The van der Waals surface area contributed by atoms with Crippen molar-refractivity contribution in [1.82, 2.24) is 0 Å². The number of carbonyl (C=O) groups is 1. The summed E-state index contributed by atoms with van der Waals surface area (Å²) in [6.07, 6.45) is 0. The van der Waals surface area contributed by atoms with Gasteiger partial charge in [-0.1, -0.05) is 54.6 Å². The molecule has 0 spiro atoms. The first-order valence-corrected chi connectivity index (χ1v) is 8.17. The van der Waals surface area contributed by atoms with E-state index in [1.54, 1.807) is 11.8 Å². The number of thioether (sulfide) groups is 1. The molecule has 0 bridgehead atoms. The lowest BCUT2D eigenvalue weighted by atomic mass is 9.98. The Hall–Kier alpha value is -1.78. The van der Waals surface area contributed by atoms with Gasteiger partial charge in [0.2, 0.25) is 0 Å². The van der Waals surface area contributed by atoms with Gasteiger partial charge in [0.15, 0.2) is 0 Å². The van der Waals surface area contributed by atoms with Crippen LogP contribution in [0.3, 0.4) is 0 Å². The standard InChI is InChI=1S/C18H21NO2S/c1-18(2,22-12-16(19)17(20)21)15-10-8-14(9-11-15)13-6-4-3-5-7-13/h3-11,16H,12,19H2,1-2H3,(H,20,21). The van der Waals surface area contributed by atoms with Crippen molar-refractivity contribution in [1.29, 1.82) is 0 Å². The minimum absolute atomic E-state index is 0.178. The van der Waals surface area contributed by atoms with Gasteiger partial charge in [-0.25, -0.2) is 0 Å². The summed E-state index contributed by atoms with van der Waals surface area (Å²) >= 11 is 1.56. The molecule has 0 fully saturated rings. The highest BCUT2D eigenvalue weighted by Gasteiger charge is 2.24. The van der Waals surface area contributed by atoms with Crippen LogP contribution in [0.5, 0.6) is 0 Å². The van der Waals surface area contributed by atoms with Crippen molar-refractivity contribution < 1.29 is 9.90 Å². The Bertz CT molecular complexity index is 623. The number of hydrogen-bond acceptors (Lipinski definition) is 3. The van der Waals surface area contributed by atoms with Crippen molar-refractivity contribution in [2.24, 2.45) is 5.73 Å². The number of benzene rings is 2. The zero-order chi connectivity index (χ0) is 16.2. The first-order valence-electron chi connectivity index (χ1n) is 7.18. The molecule has 0 amide bonds. The maximum Gasteiger partial charge on any atom is 0.321 e. The van der Waals surface area contributed by atoms with Crippen LogP contribution in [0.1, 0.15) is 19.4 Å². The number of carboxylic acids is 1. The average molecular weight is 315 g/mol. The van der Waals surface area contributed by atoms with Crippen LogP contribution in [-0.2, 0) is 9.54 Å². The van der Waals surface area contributed by atoms with Gasteiger partial charge in [-0.15, -0.1) is 11.8 Å². The molecule has 2 aromatic carbocycles.